The first-order chi connectivity index (χ1) is 8.43. The molecule has 1 fully saturated rings. The van der Waals surface area contributed by atoms with Gasteiger partial charge < -0.3 is 35.4 Å². The third-order valence-corrected chi connectivity index (χ3v) is 2.68. The molecule has 8 nitrogen and oxygen atoms in total. The summed E-state index contributed by atoms with van der Waals surface area (Å²) in [4.78, 5) is 10.6. The topological polar surface area (TPSA) is 148 Å². The molecule has 2 unspecified atom stereocenters. The van der Waals surface area contributed by atoms with Gasteiger partial charge in [-0.2, -0.15) is 13.2 Å². The van der Waals surface area contributed by atoms with E-state index in [1.165, 1.54) is 0 Å². The maximum Gasteiger partial charge on any atom is 0.491 e. The second-order valence-corrected chi connectivity index (χ2v) is 4.00. The third-order valence-electron chi connectivity index (χ3n) is 2.68. The SMILES string of the molecule is O=C(OC1(O)[C@H](O)[C@H](O)C(O)[C@H](O)[C@H]1O)C(F)(F)F. The molecule has 0 aromatic rings. The molecule has 0 bridgehead atoms. The molecule has 0 aromatic carbocycles. The molecule has 0 radical (unpaired) electrons. The van der Waals surface area contributed by atoms with Crippen molar-refractivity contribution in [1.29, 1.82) is 0 Å². The number of aliphatic hydroxyl groups is 6. The molecule has 0 saturated heterocycles. The summed E-state index contributed by atoms with van der Waals surface area (Å²) < 4.78 is 39.4. The third kappa shape index (κ3) is 2.66. The minimum absolute atomic E-state index is 2.16. The fourth-order valence-electron chi connectivity index (χ4n) is 1.57. The number of alkyl halides is 3. The molecular formula is C8H11F3O8. The first-order valence-corrected chi connectivity index (χ1v) is 4.85. The predicted octanol–water partition coefficient (Wildman–Crippen LogP) is -3.40. The highest BCUT2D eigenvalue weighted by Gasteiger charge is 2.62. The Labute approximate surface area is 103 Å². The van der Waals surface area contributed by atoms with Crippen LogP contribution in [0.3, 0.4) is 0 Å². The van der Waals surface area contributed by atoms with E-state index in [9.17, 15) is 43.5 Å². The fraction of sp³-hybridized carbons (Fsp3) is 0.875. The number of rotatable bonds is 1. The number of carbonyl (C=O) groups excluding carboxylic acids is 1. The maximum atomic E-state index is 12.0. The Bertz CT molecular complexity index is 342. The van der Waals surface area contributed by atoms with Crippen molar-refractivity contribution in [2.45, 2.75) is 42.5 Å². The van der Waals surface area contributed by atoms with E-state index in [2.05, 4.69) is 4.74 Å². The zero-order valence-electron chi connectivity index (χ0n) is 9.02. The van der Waals surface area contributed by atoms with Crippen molar-refractivity contribution >= 4 is 5.97 Å². The van der Waals surface area contributed by atoms with Gasteiger partial charge in [0.2, 0.25) is 0 Å². The lowest BCUT2D eigenvalue weighted by Gasteiger charge is -2.46. The van der Waals surface area contributed by atoms with Gasteiger partial charge in [0, 0.05) is 0 Å². The Kier molecular flexibility index (Phi) is 4.10. The first-order valence-electron chi connectivity index (χ1n) is 4.85. The quantitative estimate of drug-likeness (QED) is 0.216. The van der Waals surface area contributed by atoms with E-state index in [1.54, 1.807) is 0 Å². The Balaban J connectivity index is 3.04. The summed E-state index contributed by atoms with van der Waals surface area (Å²) in [6, 6.07) is 0. The van der Waals surface area contributed by atoms with E-state index in [0.717, 1.165) is 0 Å². The molecule has 0 spiro atoms. The van der Waals surface area contributed by atoms with Gasteiger partial charge in [0.05, 0.1) is 0 Å². The van der Waals surface area contributed by atoms with Gasteiger partial charge in [-0.25, -0.2) is 4.79 Å². The number of esters is 1. The standard InChI is InChI=1S/C8H11F3O8/c9-8(10,11)6(17)19-7(18)4(15)2(13)1(12)3(14)5(7)16/h1-5,12-16,18H/t1?,2-,3+,4-,5-,7?/m1/s1. The van der Waals surface area contributed by atoms with Gasteiger partial charge in [0.1, 0.15) is 18.3 Å². The summed E-state index contributed by atoms with van der Waals surface area (Å²) in [5.41, 5.74) is 0. The van der Waals surface area contributed by atoms with Crippen molar-refractivity contribution in [3.8, 4) is 0 Å². The number of hydrogen-bond acceptors (Lipinski definition) is 8. The molecule has 11 heteroatoms. The minimum atomic E-state index is -5.54. The smallest absolute Gasteiger partial charge is 0.421 e. The first kappa shape index (κ1) is 16.1. The number of ether oxygens (including phenoxy) is 1. The molecule has 0 aromatic heterocycles. The van der Waals surface area contributed by atoms with Crippen LogP contribution in [0.15, 0.2) is 0 Å². The van der Waals surface area contributed by atoms with Crippen LogP contribution >= 0.6 is 0 Å². The highest BCUT2D eigenvalue weighted by atomic mass is 19.4. The highest BCUT2D eigenvalue weighted by molar-refractivity contribution is 5.76. The summed E-state index contributed by atoms with van der Waals surface area (Å²) in [6.45, 7) is 0. The van der Waals surface area contributed by atoms with Crippen molar-refractivity contribution in [3.05, 3.63) is 0 Å². The summed E-state index contributed by atoms with van der Waals surface area (Å²) >= 11 is 0. The minimum Gasteiger partial charge on any atom is -0.421 e. The van der Waals surface area contributed by atoms with Crippen LogP contribution < -0.4 is 0 Å². The molecule has 1 aliphatic rings. The van der Waals surface area contributed by atoms with Crippen LogP contribution in [0.2, 0.25) is 0 Å². The van der Waals surface area contributed by atoms with Crippen LogP contribution in [0, 0.1) is 0 Å². The van der Waals surface area contributed by atoms with E-state index < -0.39 is 48.5 Å². The fourth-order valence-corrected chi connectivity index (χ4v) is 1.57. The summed E-state index contributed by atoms with van der Waals surface area (Å²) in [5.74, 6) is -6.58. The lowest BCUT2D eigenvalue weighted by atomic mass is 9.82. The zero-order chi connectivity index (χ0) is 15.2. The van der Waals surface area contributed by atoms with Crippen molar-refractivity contribution in [1.82, 2.24) is 0 Å². The average Bonchev–Trinajstić information content (AvgIpc) is 2.31. The average molecular weight is 292 g/mol. The molecule has 0 heterocycles. The molecule has 0 aliphatic heterocycles. The molecule has 6 N–H and O–H groups in total. The Morgan fingerprint density at radius 3 is 1.63 bits per heavy atom. The highest BCUT2D eigenvalue weighted by Crippen LogP contribution is 2.33. The van der Waals surface area contributed by atoms with Crippen LogP contribution in [-0.2, 0) is 9.53 Å². The van der Waals surface area contributed by atoms with Gasteiger partial charge in [-0.05, 0) is 0 Å². The number of hydrogen-bond donors (Lipinski definition) is 6. The Morgan fingerprint density at radius 1 is 0.947 bits per heavy atom. The molecule has 1 rings (SSSR count). The monoisotopic (exact) mass is 292 g/mol. The molecule has 0 amide bonds. The summed E-state index contributed by atoms with van der Waals surface area (Å²) in [6.07, 6.45) is -17.7. The lowest BCUT2D eigenvalue weighted by Crippen LogP contribution is -2.72. The molecule has 1 saturated carbocycles. The normalized spacial score (nSPS) is 43.9. The maximum absolute atomic E-state index is 12.0. The largest absolute Gasteiger partial charge is 0.491 e. The van der Waals surface area contributed by atoms with Crippen molar-refractivity contribution in [3.63, 3.8) is 0 Å². The van der Waals surface area contributed by atoms with E-state index in [4.69, 9.17) is 5.11 Å². The molecule has 19 heavy (non-hydrogen) atoms. The lowest BCUT2D eigenvalue weighted by molar-refractivity contribution is -0.355. The van der Waals surface area contributed by atoms with Crippen LogP contribution in [0.5, 0.6) is 0 Å². The Hall–Kier alpha value is -0.980. The number of aliphatic hydroxyl groups excluding tert-OH is 5. The van der Waals surface area contributed by atoms with Crippen LogP contribution in [0.4, 0.5) is 13.2 Å². The zero-order valence-corrected chi connectivity index (χ0v) is 9.02. The molecule has 112 valence electrons. The van der Waals surface area contributed by atoms with Gasteiger partial charge in [-0.3, -0.25) is 0 Å². The van der Waals surface area contributed by atoms with E-state index in [1.807, 2.05) is 0 Å². The van der Waals surface area contributed by atoms with Gasteiger partial charge in [-0.1, -0.05) is 0 Å². The van der Waals surface area contributed by atoms with E-state index in [-0.39, 0.29) is 0 Å². The second-order valence-electron chi connectivity index (χ2n) is 4.00. The molecule has 1 aliphatic carbocycles. The second kappa shape index (κ2) is 4.85. The van der Waals surface area contributed by atoms with E-state index >= 15 is 0 Å². The Morgan fingerprint density at radius 2 is 1.32 bits per heavy atom. The van der Waals surface area contributed by atoms with Gasteiger partial charge in [-0.15, -0.1) is 0 Å². The van der Waals surface area contributed by atoms with E-state index in [0.29, 0.717) is 0 Å². The van der Waals surface area contributed by atoms with Crippen molar-refractivity contribution in [2.75, 3.05) is 0 Å². The van der Waals surface area contributed by atoms with Crippen LogP contribution in [0.25, 0.3) is 0 Å². The van der Waals surface area contributed by atoms with Gasteiger partial charge in [0.15, 0.2) is 12.2 Å². The van der Waals surface area contributed by atoms with Gasteiger partial charge >= 0.3 is 12.1 Å². The van der Waals surface area contributed by atoms with Crippen molar-refractivity contribution in [2.24, 2.45) is 0 Å². The predicted molar refractivity (Wildman–Crippen MR) is 47.1 cm³/mol. The van der Waals surface area contributed by atoms with Crippen molar-refractivity contribution < 1.29 is 53.3 Å². The number of carbonyl (C=O) groups is 1. The summed E-state index contributed by atoms with van der Waals surface area (Å²) in [5, 5.41) is 55.6. The molecular weight excluding hydrogens is 281 g/mol. The van der Waals surface area contributed by atoms with Crippen LogP contribution in [0.1, 0.15) is 0 Å². The van der Waals surface area contributed by atoms with Gasteiger partial charge in [0.25, 0.3) is 5.79 Å². The van der Waals surface area contributed by atoms with Crippen LogP contribution in [-0.4, -0.2) is 79.1 Å². The number of halogens is 3. The molecule has 6 atom stereocenters. The summed E-state index contributed by atoms with van der Waals surface area (Å²) in [7, 11) is 0.